The molecule has 0 radical (unpaired) electrons. The Morgan fingerprint density at radius 3 is 2.50 bits per heavy atom. The minimum absolute atomic E-state index is 0.164. The Morgan fingerprint density at radius 1 is 1.57 bits per heavy atom. The van der Waals surface area contributed by atoms with E-state index in [1.54, 1.807) is 0 Å². The molecule has 1 rings (SSSR count). The molecule has 1 fully saturated rings. The normalized spacial score (nSPS) is 23.8. The molecule has 2 amide bonds. The van der Waals surface area contributed by atoms with Crippen molar-refractivity contribution in [2.45, 2.75) is 18.6 Å². The highest BCUT2D eigenvalue weighted by molar-refractivity contribution is 8.14. The first-order valence-corrected chi connectivity index (χ1v) is 6.30. The lowest BCUT2D eigenvalue weighted by Crippen LogP contribution is -2.31. The van der Waals surface area contributed by atoms with Gasteiger partial charge in [-0.05, 0) is 12.5 Å². The molecule has 0 bridgehead atoms. The molecule has 1 aliphatic rings. The van der Waals surface area contributed by atoms with Gasteiger partial charge in [0.15, 0.2) is 0 Å². The van der Waals surface area contributed by atoms with E-state index >= 15 is 0 Å². The quantitative estimate of drug-likeness (QED) is 0.692. The number of nitrogens with one attached hydrogen (secondary N) is 1. The van der Waals surface area contributed by atoms with Crippen molar-refractivity contribution in [2.75, 3.05) is 19.1 Å². The summed E-state index contributed by atoms with van der Waals surface area (Å²) in [7, 11) is 0. The first-order valence-electron chi connectivity index (χ1n) is 4.11. The molecule has 3 nitrogen and oxygen atoms in total. The maximum atomic E-state index is 12.0. The number of halogens is 3. The third-order valence-corrected chi connectivity index (χ3v) is 3.23. The number of rotatable bonds is 2. The second kappa shape index (κ2) is 3.88. The highest BCUT2D eigenvalue weighted by Crippen LogP contribution is 2.29. The van der Waals surface area contributed by atoms with Crippen LogP contribution in [0.3, 0.4) is 0 Å². The zero-order valence-corrected chi connectivity index (χ0v) is 8.82. The number of hydrogen-bond acceptors (Lipinski definition) is 1. The third-order valence-electron chi connectivity index (χ3n) is 1.92. The fourth-order valence-corrected chi connectivity index (χ4v) is 2.27. The van der Waals surface area contributed by atoms with Crippen LogP contribution in [0, 0.1) is 0 Å². The zero-order valence-electron chi connectivity index (χ0n) is 7.93. The smallest absolute Gasteiger partial charge is 0.332 e. The number of urea groups is 1. The number of carbonyl (C=O) groups excluding carboxylic acids is 1. The summed E-state index contributed by atoms with van der Waals surface area (Å²) in [5.74, 6) is 0. The van der Waals surface area contributed by atoms with Gasteiger partial charge in [-0.3, -0.25) is 4.31 Å². The first kappa shape index (κ1) is 11.5. The summed E-state index contributed by atoms with van der Waals surface area (Å²) in [4.78, 5) is 11.2. The van der Waals surface area contributed by atoms with Gasteiger partial charge >= 0.3 is 12.2 Å². The number of nitrogens with zero attached hydrogens (tertiary/aromatic N) is 1. The van der Waals surface area contributed by atoms with Gasteiger partial charge in [-0.1, -0.05) is 0 Å². The standard InChI is InChI=1S/C7H13F3N2OS/c1-14(2)12-4-5(11-6(12)13)3-7(8,9)10/h5,14H,3-4H2,1-2H3,(H,11,13). The predicted octanol–water partition coefficient (Wildman–Crippen LogP) is 1.51. The van der Waals surface area contributed by atoms with Crippen LogP contribution >= 0.6 is 11.1 Å². The Morgan fingerprint density at radius 2 is 2.14 bits per heavy atom. The Hall–Kier alpha value is -0.590. The van der Waals surface area contributed by atoms with Crippen LogP contribution < -0.4 is 5.32 Å². The average Bonchev–Trinajstić information content (AvgIpc) is 2.26. The molecule has 0 spiro atoms. The van der Waals surface area contributed by atoms with Crippen molar-refractivity contribution in [3.8, 4) is 0 Å². The molecule has 1 N–H and O–H groups in total. The van der Waals surface area contributed by atoms with Gasteiger partial charge in [0.05, 0.1) is 19.0 Å². The topological polar surface area (TPSA) is 32.3 Å². The lowest BCUT2D eigenvalue weighted by molar-refractivity contribution is -0.138. The first-order chi connectivity index (χ1) is 6.29. The van der Waals surface area contributed by atoms with Gasteiger partial charge in [-0.25, -0.2) is 4.79 Å². The number of alkyl halides is 3. The number of thiol groups is 1. The second-order valence-electron chi connectivity index (χ2n) is 3.40. The van der Waals surface area contributed by atoms with Crippen LogP contribution in [0.2, 0.25) is 0 Å². The Balaban J connectivity index is 2.51. The van der Waals surface area contributed by atoms with Crippen molar-refractivity contribution in [2.24, 2.45) is 0 Å². The summed E-state index contributed by atoms with van der Waals surface area (Å²) in [6.07, 6.45) is -1.48. The van der Waals surface area contributed by atoms with E-state index in [9.17, 15) is 18.0 Å². The molecule has 1 saturated heterocycles. The fraction of sp³-hybridized carbons (Fsp3) is 0.857. The van der Waals surface area contributed by atoms with Crippen LogP contribution in [0.4, 0.5) is 18.0 Å². The number of carbonyl (C=O) groups is 1. The largest absolute Gasteiger partial charge is 0.391 e. The van der Waals surface area contributed by atoms with Crippen LogP contribution in [-0.4, -0.2) is 41.6 Å². The maximum absolute atomic E-state index is 12.0. The minimum Gasteiger partial charge on any atom is -0.332 e. The number of amides is 2. The molecule has 0 aromatic rings. The van der Waals surface area contributed by atoms with Gasteiger partial charge in [-0.2, -0.15) is 24.3 Å². The van der Waals surface area contributed by atoms with Crippen molar-refractivity contribution < 1.29 is 18.0 Å². The Kier molecular flexibility index (Phi) is 3.18. The Labute approximate surface area is 83.1 Å². The van der Waals surface area contributed by atoms with Gasteiger partial charge in [0.25, 0.3) is 0 Å². The van der Waals surface area contributed by atoms with Crippen LogP contribution in [0.15, 0.2) is 0 Å². The van der Waals surface area contributed by atoms with Crippen molar-refractivity contribution in [3.63, 3.8) is 0 Å². The van der Waals surface area contributed by atoms with E-state index in [2.05, 4.69) is 5.32 Å². The average molecular weight is 230 g/mol. The van der Waals surface area contributed by atoms with Crippen molar-refractivity contribution in [3.05, 3.63) is 0 Å². The van der Waals surface area contributed by atoms with E-state index < -0.39 is 29.7 Å². The molecule has 0 aromatic heterocycles. The fourth-order valence-electron chi connectivity index (χ4n) is 1.33. The summed E-state index contributed by atoms with van der Waals surface area (Å²) >= 11 is -0.655. The van der Waals surface area contributed by atoms with Gasteiger partial charge in [0.2, 0.25) is 0 Å². The van der Waals surface area contributed by atoms with E-state index in [0.717, 1.165) is 0 Å². The van der Waals surface area contributed by atoms with Crippen LogP contribution in [-0.2, 0) is 0 Å². The molecule has 0 saturated carbocycles. The van der Waals surface area contributed by atoms with Gasteiger partial charge < -0.3 is 5.32 Å². The van der Waals surface area contributed by atoms with E-state index in [4.69, 9.17) is 0 Å². The van der Waals surface area contributed by atoms with Crippen LogP contribution in [0.25, 0.3) is 0 Å². The summed E-state index contributed by atoms with van der Waals surface area (Å²) < 4.78 is 37.5. The molecule has 1 atom stereocenters. The molecule has 7 heteroatoms. The highest BCUT2D eigenvalue weighted by atomic mass is 32.2. The molecular weight excluding hydrogens is 217 g/mol. The minimum atomic E-state index is -4.21. The van der Waals surface area contributed by atoms with Crippen molar-refractivity contribution in [1.82, 2.24) is 9.62 Å². The molecule has 84 valence electrons. The molecule has 1 aliphatic heterocycles. The molecule has 14 heavy (non-hydrogen) atoms. The second-order valence-corrected chi connectivity index (χ2v) is 5.57. The summed E-state index contributed by atoms with van der Waals surface area (Å²) in [5, 5.41) is 2.33. The molecule has 0 aromatic carbocycles. The lowest BCUT2D eigenvalue weighted by atomic mass is 10.2. The molecular formula is C7H13F3N2OS. The van der Waals surface area contributed by atoms with Crippen LogP contribution in [0.5, 0.6) is 0 Å². The summed E-state index contributed by atoms with van der Waals surface area (Å²) in [6, 6.07) is -1.16. The van der Waals surface area contributed by atoms with Gasteiger partial charge in [0.1, 0.15) is 0 Å². The molecule has 1 unspecified atom stereocenters. The SMILES string of the molecule is C[SH](C)N1CC(CC(F)(F)F)NC1=O. The van der Waals surface area contributed by atoms with Gasteiger partial charge in [-0.15, -0.1) is 0 Å². The summed E-state index contributed by atoms with van der Waals surface area (Å²) in [5.41, 5.74) is 0. The summed E-state index contributed by atoms with van der Waals surface area (Å²) in [6.45, 7) is 0.164. The predicted molar refractivity (Wildman–Crippen MR) is 50.5 cm³/mol. The third kappa shape index (κ3) is 2.97. The molecule has 1 heterocycles. The van der Waals surface area contributed by atoms with Crippen molar-refractivity contribution >= 4 is 17.1 Å². The Bertz CT molecular complexity index is 231. The number of hydrogen-bond donors (Lipinski definition) is 2. The van der Waals surface area contributed by atoms with E-state index in [1.165, 1.54) is 4.31 Å². The monoisotopic (exact) mass is 230 g/mol. The zero-order chi connectivity index (χ0) is 10.9. The maximum Gasteiger partial charge on any atom is 0.391 e. The van der Waals surface area contributed by atoms with E-state index in [0.29, 0.717) is 0 Å². The van der Waals surface area contributed by atoms with E-state index in [1.807, 2.05) is 12.5 Å². The van der Waals surface area contributed by atoms with Crippen LogP contribution in [0.1, 0.15) is 6.42 Å². The molecule has 0 aliphatic carbocycles. The van der Waals surface area contributed by atoms with Gasteiger partial charge in [0, 0.05) is 0 Å². The highest BCUT2D eigenvalue weighted by Gasteiger charge is 2.38. The van der Waals surface area contributed by atoms with Crippen molar-refractivity contribution in [1.29, 1.82) is 0 Å². The lowest BCUT2D eigenvalue weighted by Gasteiger charge is -2.22. The van der Waals surface area contributed by atoms with E-state index in [-0.39, 0.29) is 12.6 Å².